The molecule has 5 nitrogen and oxygen atoms in total. The number of carbonyl (C=O) groups is 1. The van der Waals surface area contributed by atoms with Crippen molar-refractivity contribution in [2.24, 2.45) is 5.41 Å². The van der Waals surface area contributed by atoms with E-state index in [0.717, 1.165) is 44.2 Å². The minimum atomic E-state index is -3.30. The van der Waals surface area contributed by atoms with Crippen LogP contribution in [0.15, 0.2) is 16.8 Å². The molecule has 1 aromatic rings. The predicted molar refractivity (Wildman–Crippen MR) is 87.5 cm³/mol. The first-order chi connectivity index (χ1) is 10.4. The molecule has 1 amide bonds. The molecule has 2 aliphatic rings. The lowest BCUT2D eigenvalue weighted by Gasteiger charge is -2.29. The van der Waals surface area contributed by atoms with Crippen molar-refractivity contribution in [3.63, 3.8) is 0 Å². The number of hydrogen-bond acceptors (Lipinski definition) is 5. The zero-order valence-corrected chi connectivity index (χ0v) is 14.4. The van der Waals surface area contributed by atoms with E-state index < -0.39 is 9.84 Å². The lowest BCUT2D eigenvalue weighted by Crippen LogP contribution is -2.41. The van der Waals surface area contributed by atoms with E-state index in [-0.39, 0.29) is 23.1 Å². The fourth-order valence-electron chi connectivity index (χ4n) is 3.49. The third-order valence-corrected chi connectivity index (χ3v) is 6.26. The Morgan fingerprint density at radius 2 is 2.18 bits per heavy atom. The first-order valence-corrected chi connectivity index (χ1v) is 10.6. The van der Waals surface area contributed by atoms with Crippen LogP contribution in [-0.2, 0) is 21.2 Å². The molecule has 0 aromatic carbocycles. The van der Waals surface area contributed by atoms with Crippen LogP contribution in [0.1, 0.15) is 24.8 Å². The smallest absolute Gasteiger partial charge is 0.238 e. The summed E-state index contributed by atoms with van der Waals surface area (Å²) in [4.78, 5) is 14.3. The molecule has 3 rings (SSSR count). The van der Waals surface area contributed by atoms with Gasteiger partial charge in [0.1, 0.15) is 5.75 Å². The van der Waals surface area contributed by atoms with Gasteiger partial charge in [0.15, 0.2) is 9.84 Å². The molecule has 2 fully saturated rings. The molecule has 0 bridgehead atoms. The van der Waals surface area contributed by atoms with E-state index in [2.05, 4.69) is 5.32 Å². The van der Waals surface area contributed by atoms with E-state index in [4.69, 9.17) is 0 Å². The molecular formula is C15H22N2O3S2. The molecule has 122 valence electrons. The van der Waals surface area contributed by atoms with Crippen LogP contribution in [0.4, 0.5) is 0 Å². The largest absolute Gasteiger partial charge is 0.334 e. The summed E-state index contributed by atoms with van der Waals surface area (Å²) in [5.41, 5.74) is 1.30. The second-order valence-electron chi connectivity index (χ2n) is 6.56. The molecule has 7 heteroatoms. The van der Waals surface area contributed by atoms with Gasteiger partial charge in [0.2, 0.25) is 5.91 Å². The number of carbonyl (C=O) groups excluding carboxylic acids is 1. The number of nitrogens with zero attached hydrogens (tertiary/aromatic N) is 1. The topological polar surface area (TPSA) is 66.5 Å². The molecule has 1 N–H and O–H groups in total. The second kappa shape index (κ2) is 5.94. The first kappa shape index (κ1) is 16.0. The van der Waals surface area contributed by atoms with Gasteiger partial charge in [0.05, 0.1) is 0 Å². The number of sulfone groups is 1. The van der Waals surface area contributed by atoms with Crippen molar-refractivity contribution in [2.45, 2.75) is 31.8 Å². The molecule has 1 atom stereocenters. The van der Waals surface area contributed by atoms with Crippen molar-refractivity contribution in [1.29, 1.82) is 0 Å². The molecule has 1 spiro atoms. The number of piperidine rings is 1. The Bertz CT molecular complexity index is 634. The summed E-state index contributed by atoms with van der Waals surface area (Å²) in [5, 5.41) is 7.37. The second-order valence-corrected chi connectivity index (χ2v) is 9.48. The third-order valence-electron chi connectivity index (χ3n) is 4.76. The number of amides is 1. The summed E-state index contributed by atoms with van der Waals surface area (Å²) in [5.74, 6) is -0.642. The van der Waals surface area contributed by atoms with Crippen molar-refractivity contribution >= 4 is 27.1 Å². The van der Waals surface area contributed by atoms with Crippen molar-refractivity contribution in [3.8, 4) is 0 Å². The average molecular weight is 342 g/mol. The molecule has 22 heavy (non-hydrogen) atoms. The molecule has 1 aliphatic heterocycles. The first-order valence-electron chi connectivity index (χ1n) is 7.59. The summed E-state index contributed by atoms with van der Waals surface area (Å²) in [6.07, 6.45) is 4.28. The van der Waals surface area contributed by atoms with Crippen molar-refractivity contribution < 1.29 is 13.2 Å². The Morgan fingerprint density at radius 3 is 2.77 bits per heavy atom. The standard InChI is InChI=1S/C15H22N2O3S2/c1-22(19,20)11-14(18)17(9-12-2-7-21-10-12)13-8-15(13)3-5-16-6-4-15/h2,7,10,13,16H,3-6,8-9,11H2,1H3/t13-/m0/s1. The monoisotopic (exact) mass is 342 g/mol. The van der Waals surface area contributed by atoms with Gasteiger partial charge in [-0.3, -0.25) is 4.79 Å². The molecule has 1 aliphatic carbocycles. The Kier molecular flexibility index (Phi) is 4.31. The van der Waals surface area contributed by atoms with Crippen LogP contribution in [0.25, 0.3) is 0 Å². The van der Waals surface area contributed by atoms with Crippen LogP contribution in [0.3, 0.4) is 0 Å². The number of hydrogen-bond donors (Lipinski definition) is 1. The fourth-order valence-corrected chi connectivity index (χ4v) is 4.76. The normalized spacial score (nSPS) is 23.4. The molecule has 1 aromatic heterocycles. The van der Waals surface area contributed by atoms with Crippen LogP contribution in [0, 0.1) is 5.41 Å². The van der Waals surface area contributed by atoms with E-state index >= 15 is 0 Å². The highest BCUT2D eigenvalue weighted by atomic mass is 32.2. The molecular weight excluding hydrogens is 320 g/mol. The van der Waals surface area contributed by atoms with Gasteiger partial charge in [-0.15, -0.1) is 0 Å². The minimum absolute atomic E-state index is 0.198. The van der Waals surface area contributed by atoms with E-state index in [9.17, 15) is 13.2 Å². The summed E-state index contributed by atoms with van der Waals surface area (Å²) < 4.78 is 23.0. The van der Waals surface area contributed by atoms with Gasteiger partial charge in [-0.1, -0.05) is 0 Å². The van der Waals surface area contributed by atoms with Gasteiger partial charge in [0.25, 0.3) is 0 Å². The predicted octanol–water partition coefficient (Wildman–Crippen LogP) is 1.26. The summed E-state index contributed by atoms with van der Waals surface area (Å²) in [6, 6.07) is 2.20. The van der Waals surface area contributed by atoms with Crippen molar-refractivity contribution in [1.82, 2.24) is 10.2 Å². The van der Waals surface area contributed by atoms with Crippen molar-refractivity contribution in [2.75, 3.05) is 25.1 Å². The van der Waals surface area contributed by atoms with Crippen LogP contribution < -0.4 is 5.32 Å². The van der Waals surface area contributed by atoms with Crippen LogP contribution in [-0.4, -0.2) is 50.4 Å². The number of thiophene rings is 1. The highest BCUT2D eigenvalue weighted by Crippen LogP contribution is 2.56. The summed E-state index contributed by atoms with van der Waals surface area (Å²) in [7, 11) is -3.30. The molecule has 1 saturated carbocycles. The minimum Gasteiger partial charge on any atom is -0.334 e. The highest BCUT2D eigenvalue weighted by Gasteiger charge is 2.57. The molecule has 0 unspecified atom stereocenters. The number of rotatable bonds is 5. The third kappa shape index (κ3) is 3.52. The van der Waals surface area contributed by atoms with Crippen LogP contribution in [0.2, 0.25) is 0 Å². The van der Waals surface area contributed by atoms with Gasteiger partial charge in [-0.05, 0) is 60.2 Å². The van der Waals surface area contributed by atoms with Gasteiger partial charge in [-0.2, -0.15) is 11.3 Å². The number of nitrogens with one attached hydrogen (secondary N) is 1. The Balaban J connectivity index is 1.76. The van der Waals surface area contributed by atoms with Gasteiger partial charge < -0.3 is 10.2 Å². The van der Waals surface area contributed by atoms with Gasteiger partial charge >= 0.3 is 0 Å². The molecule has 2 heterocycles. The zero-order chi connectivity index (χ0) is 15.8. The lowest BCUT2D eigenvalue weighted by atomic mass is 9.93. The average Bonchev–Trinajstić information content (AvgIpc) is 2.87. The Labute approximate surface area is 135 Å². The summed E-state index contributed by atoms with van der Waals surface area (Å²) in [6.45, 7) is 2.50. The highest BCUT2D eigenvalue weighted by molar-refractivity contribution is 7.91. The maximum absolute atomic E-state index is 12.5. The lowest BCUT2D eigenvalue weighted by molar-refractivity contribution is -0.130. The van der Waals surface area contributed by atoms with Gasteiger partial charge in [-0.25, -0.2) is 8.42 Å². The fraction of sp³-hybridized carbons (Fsp3) is 0.667. The summed E-state index contributed by atoms with van der Waals surface area (Å²) >= 11 is 1.60. The molecule has 1 saturated heterocycles. The quantitative estimate of drug-likeness (QED) is 0.875. The van der Waals surface area contributed by atoms with E-state index in [1.165, 1.54) is 0 Å². The van der Waals surface area contributed by atoms with Crippen LogP contribution in [0.5, 0.6) is 0 Å². The van der Waals surface area contributed by atoms with E-state index in [0.29, 0.717) is 6.54 Å². The molecule has 0 radical (unpaired) electrons. The maximum Gasteiger partial charge on any atom is 0.238 e. The van der Waals surface area contributed by atoms with Crippen LogP contribution >= 0.6 is 11.3 Å². The Hall–Kier alpha value is -0.920. The SMILES string of the molecule is CS(=O)(=O)CC(=O)N(Cc1ccsc1)[C@H]1CC12CCNCC2. The zero-order valence-electron chi connectivity index (χ0n) is 12.7. The van der Waals surface area contributed by atoms with Gasteiger partial charge in [0, 0.05) is 18.8 Å². The maximum atomic E-state index is 12.5. The van der Waals surface area contributed by atoms with E-state index in [1.807, 2.05) is 21.7 Å². The Morgan fingerprint density at radius 1 is 1.45 bits per heavy atom. The van der Waals surface area contributed by atoms with E-state index in [1.54, 1.807) is 11.3 Å². The van der Waals surface area contributed by atoms with Crippen molar-refractivity contribution in [3.05, 3.63) is 22.4 Å².